The van der Waals surface area contributed by atoms with Crippen LogP contribution in [0.3, 0.4) is 0 Å². The highest BCUT2D eigenvalue weighted by atomic mass is 16.5. The molecule has 0 saturated carbocycles. The molecule has 0 aromatic rings. The van der Waals surface area contributed by atoms with Crippen molar-refractivity contribution in [1.82, 2.24) is 5.06 Å². The van der Waals surface area contributed by atoms with Gasteiger partial charge in [0.05, 0.1) is 12.1 Å². The second kappa shape index (κ2) is 3.11. The second-order valence-corrected chi connectivity index (χ2v) is 4.08. The third-order valence-electron chi connectivity index (χ3n) is 3.03. The van der Waals surface area contributed by atoms with Crippen LogP contribution in [-0.2, 0) is 0 Å². The van der Waals surface area contributed by atoms with Gasteiger partial charge < -0.3 is 5.21 Å². The van der Waals surface area contributed by atoms with E-state index in [4.69, 9.17) is 5.21 Å². The van der Waals surface area contributed by atoms with Gasteiger partial charge in [0.1, 0.15) is 0 Å². The summed E-state index contributed by atoms with van der Waals surface area (Å²) in [6, 6.07) is 0. The molecule has 1 unspecified atom stereocenters. The molecular weight excluding hydrogens is 138 g/mol. The Morgan fingerprint density at radius 2 is 2.18 bits per heavy atom. The van der Waals surface area contributed by atoms with Gasteiger partial charge in [0.2, 0.25) is 0 Å². The van der Waals surface area contributed by atoms with E-state index in [1.54, 1.807) is 5.06 Å². The van der Waals surface area contributed by atoms with Crippen molar-refractivity contribution >= 4 is 0 Å². The molecule has 1 atom stereocenters. The number of rotatable bonds is 2. The first kappa shape index (κ1) is 9.01. The second-order valence-electron chi connectivity index (χ2n) is 4.08. The highest BCUT2D eigenvalue weighted by Crippen LogP contribution is 2.35. The molecule has 1 fully saturated rings. The molecule has 1 rings (SSSR count). The lowest BCUT2D eigenvalue weighted by atomic mass is 9.86. The Bertz CT molecular complexity index is 132. The molecule has 0 spiro atoms. The summed E-state index contributed by atoms with van der Waals surface area (Å²) < 4.78 is 0. The molecule has 0 aromatic carbocycles. The first-order valence-electron chi connectivity index (χ1n) is 4.58. The monoisotopic (exact) mass is 158 g/mol. The maximum Gasteiger partial charge on any atom is 0.0857 e. The molecule has 1 aliphatic heterocycles. The van der Waals surface area contributed by atoms with Crippen LogP contribution in [0.25, 0.3) is 0 Å². The van der Waals surface area contributed by atoms with Gasteiger partial charge in [-0.1, -0.05) is 18.4 Å². The van der Waals surface area contributed by atoms with Crippen molar-refractivity contribution in [2.75, 3.05) is 6.54 Å². The summed E-state index contributed by atoms with van der Waals surface area (Å²) in [5.74, 6) is 0.741. The third-order valence-corrected chi connectivity index (χ3v) is 3.03. The van der Waals surface area contributed by atoms with E-state index in [0.29, 0.717) is 0 Å². The standard InChI is InChI=1S/C9H19NO/c1-4-5-8-6-7-10(11)9(8,2)3/h8,11H,4-7H2,1-3H3/p+1. The van der Waals surface area contributed by atoms with Gasteiger partial charge in [0.25, 0.3) is 0 Å². The Morgan fingerprint density at radius 1 is 1.55 bits per heavy atom. The lowest BCUT2D eigenvalue weighted by molar-refractivity contribution is -0.145. The van der Waals surface area contributed by atoms with Gasteiger partial charge in [-0.05, 0) is 32.6 Å². The van der Waals surface area contributed by atoms with Gasteiger partial charge in [-0.25, -0.2) is 0 Å². The summed E-state index contributed by atoms with van der Waals surface area (Å²) in [7, 11) is 0. The van der Waals surface area contributed by atoms with Crippen molar-refractivity contribution < 1.29 is 5.21 Å². The van der Waals surface area contributed by atoms with E-state index in [9.17, 15) is 0 Å². The van der Waals surface area contributed by atoms with Crippen LogP contribution >= 0.6 is 0 Å². The highest BCUT2D eigenvalue weighted by Gasteiger charge is 2.43. The first-order chi connectivity index (χ1) is 5.09. The molecule has 0 amide bonds. The summed E-state index contributed by atoms with van der Waals surface area (Å²) in [4.78, 5) is 0. The predicted molar refractivity (Wildman–Crippen MR) is 47.4 cm³/mol. The first-order valence-corrected chi connectivity index (χ1v) is 4.58. The smallest absolute Gasteiger partial charge is 0.0857 e. The molecule has 1 saturated heterocycles. The number of nitrogens with zero attached hydrogens (tertiary/aromatic N) is 1. The SMILES string of the molecule is CCCC1CCN([OH2+])C1(C)C. The quantitative estimate of drug-likeness (QED) is 0.560. The van der Waals surface area contributed by atoms with E-state index in [2.05, 4.69) is 20.8 Å². The molecular formula is C9H20NO+. The summed E-state index contributed by atoms with van der Waals surface area (Å²) in [6.07, 6.45) is 3.74. The van der Waals surface area contributed by atoms with Crippen molar-refractivity contribution in [2.24, 2.45) is 5.92 Å². The van der Waals surface area contributed by atoms with Crippen molar-refractivity contribution in [1.29, 1.82) is 0 Å². The highest BCUT2D eigenvalue weighted by molar-refractivity contribution is 4.90. The molecule has 0 aromatic heterocycles. The average Bonchev–Trinajstić information content (AvgIpc) is 2.16. The van der Waals surface area contributed by atoms with E-state index in [-0.39, 0.29) is 5.54 Å². The Labute approximate surface area is 69.2 Å². The normalized spacial score (nSPS) is 31.1. The zero-order chi connectivity index (χ0) is 8.48. The van der Waals surface area contributed by atoms with E-state index < -0.39 is 0 Å². The van der Waals surface area contributed by atoms with E-state index in [0.717, 1.165) is 12.5 Å². The van der Waals surface area contributed by atoms with Gasteiger partial charge in [-0.15, -0.1) is 0 Å². The van der Waals surface area contributed by atoms with Gasteiger partial charge in [-0.2, -0.15) is 0 Å². The summed E-state index contributed by atoms with van der Waals surface area (Å²) >= 11 is 0. The van der Waals surface area contributed by atoms with Crippen LogP contribution in [0.4, 0.5) is 0 Å². The van der Waals surface area contributed by atoms with E-state index in [1.807, 2.05) is 0 Å². The Hall–Kier alpha value is -0.0800. The van der Waals surface area contributed by atoms with Crippen molar-refractivity contribution in [3.8, 4) is 0 Å². The lowest BCUT2D eigenvalue weighted by Gasteiger charge is -2.27. The average molecular weight is 158 g/mol. The Kier molecular flexibility index (Phi) is 2.55. The van der Waals surface area contributed by atoms with Gasteiger partial charge in [0.15, 0.2) is 0 Å². The number of hydroxylamine groups is 2. The molecule has 2 nitrogen and oxygen atoms in total. The zero-order valence-electron chi connectivity index (χ0n) is 7.85. The maximum atomic E-state index is 7.68. The summed E-state index contributed by atoms with van der Waals surface area (Å²) in [5.41, 5.74) is 0.121. The molecule has 0 aliphatic carbocycles. The van der Waals surface area contributed by atoms with Gasteiger partial charge in [0, 0.05) is 0 Å². The number of hydrogen-bond donors (Lipinski definition) is 0. The van der Waals surface area contributed by atoms with Crippen LogP contribution in [0.5, 0.6) is 0 Å². The van der Waals surface area contributed by atoms with Gasteiger partial charge >= 0.3 is 0 Å². The minimum atomic E-state index is 0.121. The summed E-state index contributed by atoms with van der Waals surface area (Å²) in [5, 5.41) is 9.42. The topological polar surface area (TPSA) is 26.1 Å². The molecule has 0 bridgehead atoms. The minimum Gasteiger partial charge on any atom is -0.338 e. The van der Waals surface area contributed by atoms with E-state index >= 15 is 0 Å². The van der Waals surface area contributed by atoms with Crippen LogP contribution in [0.1, 0.15) is 40.0 Å². The molecule has 2 heteroatoms. The van der Waals surface area contributed by atoms with Crippen LogP contribution in [0, 0.1) is 5.92 Å². The molecule has 0 radical (unpaired) electrons. The van der Waals surface area contributed by atoms with Crippen LogP contribution in [0.2, 0.25) is 0 Å². The van der Waals surface area contributed by atoms with Crippen LogP contribution in [0.15, 0.2) is 0 Å². The van der Waals surface area contributed by atoms with Crippen molar-refractivity contribution in [2.45, 2.75) is 45.6 Å². The molecule has 66 valence electrons. The van der Waals surface area contributed by atoms with Crippen LogP contribution < -0.4 is 0 Å². The Balaban J connectivity index is 2.55. The lowest BCUT2D eigenvalue weighted by Crippen LogP contribution is -2.40. The van der Waals surface area contributed by atoms with Crippen molar-refractivity contribution in [3.63, 3.8) is 0 Å². The molecule has 1 aliphatic rings. The predicted octanol–water partition coefficient (Wildman–Crippen LogP) is 1.53. The van der Waals surface area contributed by atoms with E-state index in [1.165, 1.54) is 19.3 Å². The van der Waals surface area contributed by atoms with Crippen LogP contribution in [-0.4, -0.2) is 22.4 Å². The molecule has 2 N–H and O–H groups in total. The largest absolute Gasteiger partial charge is 0.338 e. The summed E-state index contributed by atoms with van der Waals surface area (Å²) in [6.45, 7) is 7.56. The fourth-order valence-electron chi connectivity index (χ4n) is 1.99. The zero-order valence-corrected chi connectivity index (χ0v) is 7.85. The maximum absolute atomic E-state index is 7.68. The molecule has 1 heterocycles. The Morgan fingerprint density at radius 3 is 2.55 bits per heavy atom. The fourth-order valence-corrected chi connectivity index (χ4v) is 1.99. The third kappa shape index (κ3) is 1.57. The number of hydrogen-bond acceptors (Lipinski definition) is 1. The minimum absolute atomic E-state index is 0.121. The van der Waals surface area contributed by atoms with Gasteiger partial charge in [-0.3, -0.25) is 0 Å². The fraction of sp³-hybridized carbons (Fsp3) is 1.00. The molecule has 11 heavy (non-hydrogen) atoms. The van der Waals surface area contributed by atoms with Crippen molar-refractivity contribution in [3.05, 3.63) is 0 Å².